The third-order valence-corrected chi connectivity index (χ3v) is 5.23. The van der Waals surface area contributed by atoms with E-state index in [9.17, 15) is 5.11 Å². The summed E-state index contributed by atoms with van der Waals surface area (Å²) in [5, 5.41) is 13.9. The van der Waals surface area contributed by atoms with E-state index in [2.05, 4.69) is 10.2 Å². The predicted molar refractivity (Wildman–Crippen MR) is 69.0 cm³/mol. The number of nitrogens with one attached hydrogen (secondary N) is 1. The topological polar surface area (TPSA) is 35.5 Å². The summed E-state index contributed by atoms with van der Waals surface area (Å²) in [6, 6.07) is 0. The molecule has 2 heterocycles. The maximum atomic E-state index is 10.6. The first-order valence-electron chi connectivity index (χ1n) is 7.35. The molecule has 0 aromatic carbocycles. The van der Waals surface area contributed by atoms with Crippen LogP contribution in [-0.4, -0.2) is 48.3 Å². The van der Waals surface area contributed by atoms with Crippen molar-refractivity contribution < 1.29 is 5.11 Å². The molecule has 2 aliphatic heterocycles. The van der Waals surface area contributed by atoms with Gasteiger partial charge in [0.25, 0.3) is 0 Å². The Hall–Kier alpha value is -0.120. The molecule has 98 valence electrons. The molecule has 0 aromatic rings. The zero-order valence-electron chi connectivity index (χ0n) is 10.9. The van der Waals surface area contributed by atoms with Gasteiger partial charge in [0.1, 0.15) is 0 Å². The Labute approximate surface area is 105 Å². The molecule has 2 N–H and O–H groups in total. The van der Waals surface area contributed by atoms with Gasteiger partial charge in [0, 0.05) is 13.1 Å². The maximum Gasteiger partial charge on any atom is 0.0798 e. The fraction of sp³-hybridized carbons (Fsp3) is 1.00. The van der Waals surface area contributed by atoms with E-state index in [1.54, 1.807) is 0 Å². The molecule has 2 saturated heterocycles. The number of aliphatic hydroxyl groups is 1. The van der Waals surface area contributed by atoms with Crippen LogP contribution in [0.3, 0.4) is 0 Å². The molecule has 0 atom stereocenters. The van der Waals surface area contributed by atoms with Crippen LogP contribution >= 0.6 is 0 Å². The summed E-state index contributed by atoms with van der Waals surface area (Å²) in [6.07, 6.45) is 8.96. The molecule has 3 aliphatic rings. The van der Waals surface area contributed by atoms with Gasteiger partial charge in [0.2, 0.25) is 0 Å². The molecular formula is C14H26N2O. The molecule has 0 radical (unpaired) electrons. The first-order chi connectivity index (χ1) is 8.20. The Morgan fingerprint density at radius 2 is 1.71 bits per heavy atom. The monoisotopic (exact) mass is 238 g/mol. The molecule has 3 nitrogen and oxygen atoms in total. The van der Waals surface area contributed by atoms with Crippen LogP contribution in [0.2, 0.25) is 0 Å². The average Bonchev–Trinajstić information content (AvgIpc) is 2.91. The first kappa shape index (κ1) is 11.9. The second kappa shape index (κ2) is 4.52. The number of hydrogen-bond donors (Lipinski definition) is 2. The van der Waals surface area contributed by atoms with Crippen LogP contribution in [0.5, 0.6) is 0 Å². The van der Waals surface area contributed by atoms with E-state index in [4.69, 9.17) is 0 Å². The van der Waals surface area contributed by atoms with Gasteiger partial charge in [-0.15, -0.1) is 0 Å². The lowest BCUT2D eigenvalue weighted by Gasteiger charge is -2.36. The van der Waals surface area contributed by atoms with Crippen molar-refractivity contribution >= 4 is 0 Å². The van der Waals surface area contributed by atoms with E-state index in [0.717, 1.165) is 32.5 Å². The summed E-state index contributed by atoms with van der Waals surface area (Å²) in [6.45, 7) is 5.35. The predicted octanol–water partition coefficient (Wildman–Crippen LogP) is 1.37. The molecule has 1 spiro atoms. The van der Waals surface area contributed by atoms with Gasteiger partial charge in [-0.2, -0.15) is 0 Å². The summed E-state index contributed by atoms with van der Waals surface area (Å²) in [5.41, 5.74) is 0.235. The third kappa shape index (κ3) is 2.51. The van der Waals surface area contributed by atoms with E-state index in [1.165, 1.54) is 45.2 Å². The van der Waals surface area contributed by atoms with Crippen molar-refractivity contribution in [1.82, 2.24) is 10.2 Å². The maximum absolute atomic E-state index is 10.6. The second-order valence-electron chi connectivity index (χ2n) is 6.64. The van der Waals surface area contributed by atoms with Gasteiger partial charge in [0.05, 0.1) is 5.60 Å². The Morgan fingerprint density at radius 3 is 2.41 bits per heavy atom. The SMILES string of the molecule is OC1(CN2CCC3(CCCC3)C2)CCNCC1. The van der Waals surface area contributed by atoms with Crippen molar-refractivity contribution in [3.8, 4) is 0 Å². The van der Waals surface area contributed by atoms with Gasteiger partial charge >= 0.3 is 0 Å². The second-order valence-corrected chi connectivity index (χ2v) is 6.64. The van der Waals surface area contributed by atoms with Crippen LogP contribution in [-0.2, 0) is 0 Å². The summed E-state index contributed by atoms with van der Waals surface area (Å²) in [5.74, 6) is 0. The van der Waals surface area contributed by atoms with Crippen LogP contribution in [0.25, 0.3) is 0 Å². The van der Waals surface area contributed by atoms with E-state index in [-0.39, 0.29) is 0 Å². The van der Waals surface area contributed by atoms with Crippen molar-refractivity contribution in [1.29, 1.82) is 0 Å². The van der Waals surface area contributed by atoms with Crippen LogP contribution in [0.15, 0.2) is 0 Å². The van der Waals surface area contributed by atoms with Gasteiger partial charge in [-0.3, -0.25) is 4.90 Å². The van der Waals surface area contributed by atoms with Gasteiger partial charge in [0.15, 0.2) is 0 Å². The molecule has 3 fully saturated rings. The number of hydrogen-bond acceptors (Lipinski definition) is 3. The van der Waals surface area contributed by atoms with E-state index in [1.807, 2.05) is 0 Å². The molecule has 1 saturated carbocycles. The normalized spacial score (nSPS) is 32.3. The summed E-state index contributed by atoms with van der Waals surface area (Å²) >= 11 is 0. The lowest BCUT2D eigenvalue weighted by atomic mass is 9.85. The lowest BCUT2D eigenvalue weighted by molar-refractivity contribution is -0.0179. The van der Waals surface area contributed by atoms with Crippen LogP contribution in [0, 0.1) is 5.41 Å². The number of nitrogens with zero attached hydrogens (tertiary/aromatic N) is 1. The zero-order valence-corrected chi connectivity index (χ0v) is 10.9. The highest BCUT2D eigenvalue weighted by Gasteiger charge is 2.42. The molecule has 0 bridgehead atoms. The van der Waals surface area contributed by atoms with Crippen molar-refractivity contribution in [2.24, 2.45) is 5.41 Å². The molecule has 0 amide bonds. The van der Waals surface area contributed by atoms with Gasteiger partial charge in [-0.05, 0) is 57.2 Å². The average molecular weight is 238 g/mol. The minimum atomic E-state index is -0.407. The lowest BCUT2D eigenvalue weighted by Crippen LogP contribution is -2.49. The highest BCUT2D eigenvalue weighted by atomic mass is 16.3. The fourth-order valence-electron chi connectivity index (χ4n) is 4.16. The molecule has 17 heavy (non-hydrogen) atoms. The van der Waals surface area contributed by atoms with E-state index in [0.29, 0.717) is 5.41 Å². The molecule has 3 rings (SSSR count). The van der Waals surface area contributed by atoms with Gasteiger partial charge < -0.3 is 10.4 Å². The van der Waals surface area contributed by atoms with Crippen LogP contribution < -0.4 is 5.32 Å². The number of piperidine rings is 1. The molecule has 3 heteroatoms. The van der Waals surface area contributed by atoms with E-state index < -0.39 is 5.60 Å². The summed E-state index contributed by atoms with van der Waals surface area (Å²) in [4.78, 5) is 2.54. The molecule has 0 unspecified atom stereocenters. The van der Waals surface area contributed by atoms with Crippen molar-refractivity contribution in [3.05, 3.63) is 0 Å². The molecule has 0 aromatic heterocycles. The number of likely N-dealkylation sites (tertiary alicyclic amines) is 1. The van der Waals surface area contributed by atoms with Gasteiger partial charge in [-0.25, -0.2) is 0 Å². The number of β-amino-alcohol motifs (C(OH)–C–C–N with tert-alkyl or cyclic N) is 1. The highest BCUT2D eigenvalue weighted by molar-refractivity contribution is 4.96. The van der Waals surface area contributed by atoms with Crippen molar-refractivity contribution in [2.75, 3.05) is 32.7 Å². The molecule has 1 aliphatic carbocycles. The standard InChI is InChI=1S/C14H26N2O/c17-14(5-8-15-9-6-14)12-16-10-7-13(11-16)3-1-2-4-13/h15,17H,1-12H2. The Balaban J connectivity index is 1.56. The van der Waals surface area contributed by atoms with Crippen LogP contribution in [0.4, 0.5) is 0 Å². The van der Waals surface area contributed by atoms with E-state index >= 15 is 0 Å². The quantitative estimate of drug-likeness (QED) is 0.762. The fourth-order valence-corrected chi connectivity index (χ4v) is 4.16. The summed E-state index contributed by atoms with van der Waals surface area (Å²) in [7, 11) is 0. The van der Waals surface area contributed by atoms with Crippen LogP contribution in [0.1, 0.15) is 44.9 Å². The van der Waals surface area contributed by atoms with Crippen molar-refractivity contribution in [3.63, 3.8) is 0 Å². The Bertz CT molecular complexity index is 267. The minimum Gasteiger partial charge on any atom is -0.388 e. The minimum absolute atomic E-state index is 0.407. The Kier molecular flexibility index (Phi) is 3.18. The smallest absolute Gasteiger partial charge is 0.0798 e. The number of rotatable bonds is 2. The largest absolute Gasteiger partial charge is 0.388 e. The first-order valence-corrected chi connectivity index (χ1v) is 7.35. The summed E-state index contributed by atoms with van der Waals surface area (Å²) < 4.78 is 0. The third-order valence-electron chi connectivity index (χ3n) is 5.23. The zero-order chi connectivity index (χ0) is 11.8. The Morgan fingerprint density at radius 1 is 1.00 bits per heavy atom. The highest BCUT2D eigenvalue weighted by Crippen LogP contribution is 2.45. The van der Waals surface area contributed by atoms with Crippen molar-refractivity contribution in [2.45, 2.75) is 50.5 Å². The molecular weight excluding hydrogens is 212 g/mol. The van der Waals surface area contributed by atoms with Gasteiger partial charge in [-0.1, -0.05) is 12.8 Å².